The molecule has 5 heteroatoms. The molecule has 0 aliphatic carbocycles. The van der Waals surface area contributed by atoms with Crippen LogP contribution in [0.3, 0.4) is 0 Å². The topological polar surface area (TPSA) is 44.8 Å². The molecule has 0 bridgehead atoms. The first-order valence-corrected chi connectivity index (χ1v) is 2.82. The van der Waals surface area contributed by atoms with Gasteiger partial charge in [-0.15, -0.1) is 0 Å². The van der Waals surface area contributed by atoms with Gasteiger partial charge in [-0.3, -0.25) is 0 Å². The van der Waals surface area contributed by atoms with Crippen LogP contribution in [-0.4, -0.2) is 26.9 Å². The Morgan fingerprint density at radius 1 is 1.80 bits per heavy atom. The van der Waals surface area contributed by atoms with E-state index < -0.39 is 12.1 Å². The molecule has 0 amide bonds. The van der Waals surface area contributed by atoms with E-state index >= 15 is 0 Å². The highest BCUT2D eigenvalue weighted by atomic mass is 16.6. The molecule has 54 valence electrons. The van der Waals surface area contributed by atoms with E-state index in [-0.39, 0.29) is 7.69 Å². The summed E-state index contributed by atoms with van der Waals surface area (Å²) in [5.41, 5.74) is 0. The minimum atomic E-state index is -0.598. The third-order valence-electron chi connectivity index (χ3n) is 1.10. The third kappa shape index (κ3) is 1.51. The zero-order valence-electron chi connectivity index (χ0n) is 5.57. The molecule has 0 saturated carbocycles. The summed E-state index contributed by atoms with van der Waals surface area (Å²) in [7, 11) is 1.42. The predicted molar refractivity (Wildman–Crippen MR) is 34.3 cm³/mol. The number of ether oxygens (including phenoxy) is 1. The Labute approximate surface area is 59.1 Å². The first-order valence-electron chi connectivity index (χ1n) is 2.82. The average molecular weight is 142 g/mol. The summed E-state index contributed by atoms with van der Waals surface area (Å²) in [5.74, 6) is -0.403. The zero-order valence-corrected chi connectivity index (χ0v) is 5.57. The van der Waals surface area contributed by atoms with Crippen molar-refractivity contribution < 1.29 is 18.8 Å². The SMILES string of the molecule is COC(=O)C1C=COBO1. The normalized spacial score (nSPS) is 22.7. The van der Waals surface area contributed by atoms with E-state index in [4.69, 9.17) is 4.65 Å². The highest BCUT2D eigenvalue weighted by Crippen LogP contribution is 2.01. The van der Waals surface area contributed by atoms with Crippen LogP contribution in [0.2, 0.25) is 0 Å². The van der Waals surface area contributed by atoms with Gasteiger partial charge in [0.2, 0.25) is 0 Å². The summed E-state index contributed by atoms with van der Waals surface area (Å²) in [5, 5.41) is 0. The molecular formula is C5H7BO4. The predicted octanol–water partition coefficient (Wildman–Crippen LogP) is -0.645. The van der Waals surface area contributed by atoms with Gasteiger partial charge in [-0.05, 0) is 6.08 Å². The number of hydrogen-bond donors (Lipinski definition) is 0. The Balaban J connectivity index is 2.46. The fourth-order valence-electron chi connectivity index (χ4n) is 0.597. The van der Waals surface area contributed by atoms with Gasteiger partial charge in [0.05, 0.1) is 13.4 Å². The maximum absolute atomic E-state index is 10.7. The molecule has 1 atom stereocenters. The Morgan fingerprint density at radius 3 is 3.10 bits per heavy atom. The first kappa shape index (κ1) is 7.15. The summed E-state index contributed by atoms with van der Waals surface area (Å²) >= 11 is 0. The number of methoxy groups -OCH3 is 1. The van der Waals surface area contributed by atoms with Crippen molar-refractivity contribution in [3.63, 3.8) is 0 Å². The van der Waals surface area contributed by atoms with Gasteiger partial charge in [-0.2, -0.15) is 0 Å². The van der Waals surface area contributed by atoms with E-state index in [1.165, 1.54) is 19.4 Å². The van der Waals surface area contributed by atoms with Gasteiger partial charge in [0.25, 0.3) is 0 Å². The van der Waals surface area contributed by atoms with Gasteiger partial charge in [0, 0.05) is 0 Å². The van der Waals surface area contributed by atoms with Crippen LogP contribution in [0, 0.1) is 0 Å². The second-order valence-electron chi connectivity index (χ2n) is 1.72. The number of esters is 1. The van der Waals surface area contributed by atoms with Crippen LogP contribution in [0.1, 0.15) is 0 Å². The van der Waals surface area contributed by atoms with Gasteiger partial charge < -0.3 is 14.0 Å². The number of carbonyl (C=O) groups is 1. The van der Waals surface area contributed by atoms with E-state index in [1.54, 1.807) is 0 Å². The molecule has 0 saturated heterocycles. The van der Waals surface area contributed by atoms with Crippen LogP contribution < -0.4 is 0 Å². The zero-order chi connectivity index (χ0) is 7.40. The maximum atomic E-state index is 10.7. The molecule has 0 aromatic carbocycles. The highest BCUT2D eigenvalue weighted by molar-refractivity contribution is 6.19. The van der Waals surface area contributed by atoms with Gasteiger partial charge in [-0.1, -0.05) is 0 Å². The van der Waals surface area contributed by atoms with Crippen molar-refractivity contribution in [3.05, 3.63) is 12.3 Å². The van der Waals surface area contributed by atoms with Gasteiger partial charge in [-0.25, -0.2) is 4.79 Å². The Morgan fingerprint density at radius 2 is 2.60 bits per heavy atom. The van der Waals surface area contributed by atoms with Crippen molar-refractivity contribution >= 4 is 13.7 Å². The van der Waals surface area contributed by atoms with Crippen LogP contribution in [0.4, 0.5) is 0 Å². The summed E-state index contributed by atoms with van der Waals surface area (Å²) in [6.07, 6.45) is 2.32. The van der Waals surface area contributed by atoms with Crippen LogP contribution in [-0.2, 0) is 18.8 Å². The van der Waals surface area contributed by atoms with Crippen LogP contribution in [0.15, 0.2) is 12.3 Å². The van der Waals surface area contributed by atoms with Crippen molar-refractivity contribution in [3.8, 4) is 0 Å². The number of hydrogen-bond acceptors (Lipinski definition) is 4. The van der Waals surface area contributed by atoms with E-state index in [2.05, 4.69) is 9.39 Å². The van der Waals surface area contributed by atoms with Crippen molar-refractivity contribution in [1.29, 1.82) is 0 Å². The molecule has 0 aromatic rings. The molecule has 1 aliphatic rings. The number of rotatable bonds is 1. The quantitative estimate of drug-likeness (QED) is 0.360. The fraction of sp³-hybridized carbons (Fsp3) is 0.400. The lowest BCUT2D eigenvalue weighted by Crippen LogP contribution is -2.28. The van der Waals surface area contributed by atoms with E-state index in [1.807, 2.05) is 0 Å². The first-order chi connectivity index (χ1) is 4.84. The second kappa shape index (κ2) is 3.27. The largest absolute Gasteiger partial charge is 0.545 e. The van der Waals surface area contributed by atoms with Crippen LogP contribution in [0.25, 0.3) is 0 Å². The number of carbonyl (C=O) groups excluding carboxylic acids is 1. The van der Waals surface area contributed by atoms with Gasteiger partial charge in [0.1, 0.15) is 0 Å². The molecule has 1 unspecified atom stereocenters. The monoisotopic (exact) mass is 142 g/mol. The minimum absolute atomic E-state index is 0.107. The molecule has 0 aromatic heterocycles. The second-order valence-corrected chi connectivity index (χ2v) is 1.72. The summed E-state index contributed by atoms with van der Waals surface area (Å²) in [4.78, 5) is 10.7. The molecule has 0 N–H and O–H groups in total. The average Bonchev–Trinajstić information content (AvgIpc) is 2.05. The summed E-state index contributed by atoms with van der Waals surface area (Å²) < 4.78 is 13.9. The van der Waals surface area contributed by atoms with Gasteiger partial charge >= 0.3 is 13.7 Å². The fourth-order valence-corrected chi connectivity index (χ4v) is 0.597. The molecule has 0 spiro atoms. The lowest BCUT2D eigenvalue weighted by molar-refractivity contribution is -0.147. The molecule has 1 rings (SSSR count). The summed E-state index contributed by atoms with van der Waals surface area (Å²) in [6, 6.07) is 0. The van der Waals surface area contributed by atoms with Crippen molar-refractivity contribution in [1.82, 2.24) is 0 Å². The minimum Gasteiger partial charge on any atom is -0.545 e. The third-order valence-corrected chi connectivity index (χ3v) is 1.10. The van der Waals surface area contributed by atoms with E-state index in [9.17, 15) is 4.79 Å². The molecule has 0 fully saturated rings. The molecular weight excluding hydrogens is 135 g/mol. The smallest absolute Gasteiger partial charge is 0.507 e. The molecule has 1 heterocycles. The summed E-state index contributed by atoms with van der Waals surface area (Å²) in [6.45, 7) is 0. The van der Waals surface area contributed by atoms with Crippen molar-refractivity contribution in [2.75, 3.05) is 7.11 Å². The maximum Gasteiger partial charge on any atom is 0.507 e. The molecule has 0 radical (unpaired) electrons. The van der Waals surface area contributed by atoms with E-state index in [0.717, 1.165) is 0 Å². The van der Waals surface area contributed by atoms with Gasteiger partial charge in [0.15, 0.2) is 6.10 Å². The molecule has 1 aliphatic heterocycles. The van der Waals surface area contributed by atoms with Crippen LogP contribution >= 0.6 is 0 Å². The lowest BCUT2D eigenvalue weighted by atomic mass is 10.2. The van der Waals surface area contributed by atoms with Crippen molar-refractivity contribution in [2.24, 2.45) is 0 Å². The Kier molecular flexibility index (Phi) is 2.33. The van der Waals surface area contributed by atoms with E-state index in [0.29, 0.717) is 0 Å². The Hall–Kier alpha value is -0.965. The van der Waals surface area contributed by atoms with Crippen molar-refractivity contribution in [2.45, 2.75) is 6.10 Å². The Bertz CT molecular complexity index is 156. The highest BCUT2D eigenvalue weighted by Gasteiger charge is 2.19. The standard InChI is InChI=1S/C5H7BO4/c1-8-5(7)4-2-3-9-6-10-4/h2-4,6H,1H3. The molecule has 4 nitrogen and oxygen atoms in total. The molecule has 10 heavy (non-hydrogen) atoms. The van der Waals surface area contributed by atoms with Crippen LogP contribution in [0.5, 0.6) is 0 Å². The lowest BCUT2D eigenvalue weighted by Gasteiger charge is -2.14.